The van der Waals surface area contributed by atoms with Gasteiger partial charge in [0.2, 0.25) is 0 Å². The van der Waals surface area contributed by atoms with Crippen LogP contribution in [0.3, 0.4) is 0 Å². The number of aryl methyl sites for hydroxylation is 1. The Hall–Kier alpha value is -1.95. The normalized spacial score (nSPS) is 10.6. The Morgan fingerprint density at radius 1 is 1.50 bits per heavy atom. The Bertz CT molecular complexity index is 527. The molecule has 0 saturated heterocycles. The molecule has 0 radical (unpaired) electrons. The molecule has 2 aromatic rings. The summed E-state index contributed by atoms with van der Waals surface area (Å²) in [5, 5.41) is 7.00. The van der Waals surface area contributed by atoms with Gasteiger partial charge in [-0.05, 0) is 12.6 Å². The van der Waals surface area contributed by atoms with Gasteiger partial charge in [0.1, 0.15) is 0 Å². The van der Waals surface area contributed by atoms with Gasteiger partial charge in [0.15, 0.2) is 11.6 Å². The molecule has 0 aromatic carbocycles. The number of rotatable bonds is 5. The van der Waals surface area contributed by atoms with Crippen molar-refractivity contribution in [3.63, 3.8) is 0 Å². The number of aromatic nitrogens is 3. The van der Waals surface area contributed by atoms with Gasteiger partial charge in [-0.1, -0.05) is 6.92 Å². The van der Waals surface area contributed by atoms with Gasteiger partial charge < -0.3 is 10.1 Å². The van der Waals surface area contributed by atoms with E-state index in [0.717, 1.165) is 6.54 Å². The highest BCUT2D eigenvalue weighted by Crippen LogP contribution is 2.23. The van der Waals surface area contributed by atoms with Crippen molar-refractivity contribution >= 4 is 0 Å². The highest BCUT2D eigenvalue weighted by atomic mass is 19.1. The van der Waals surface area contributed by atoms with Crippen LogP contribution in [0, 0.1) is 5.82 Å². The minimum atomic E-state index is -0.442. The summed E-state index contributed by atoms with van der Waals surface area (Å²) in [6, 6.07) is 1.63. The zero-order chi connectivity index (χ0) is 13.0. The van der Waals surface area contributed by atoms with E-state index in [1.54, 1.807) is 24.0 Å². The maximum Gasteiger partial charge on any atom is 0.256 e. The highest BCUT2D eigenvalue weighted by molar-refractivity contribution is 5.27. The Balaban J connectivity index is 2.17. The molecule has 0 unspecified atom stereocenters. The first kappa shape index (κ1) is 12.5. The van der Waals surface area contributed by atoms with Crippen molar-refractivity contribution in [2.45, 2.75) is 13.5 Å². The second-order valence-electron chi connectivity index (χ2n) is 3.82. The number of nitrogens with zero attached hydrogens (tertiary/aromatic N) is 3. The molecule has 0 bridgehead atoms. The van der Waals surface area contributed by atoms with Crippen molar-refractivity contribution in [2.75, 3.05) is 6.54 Å². The Morgan fingerprint density at radius 3 is 3.00 bits per heavy atom. The third-order valence-electron chi connectivity index (χ3n) is 2.40. The average molecular weight is 250 g/mol. The van der Waals surface area contributed by atoms with E-state index in [9.17, 15) is 4.39 Å². The van der Waals surface area contributed by atoms with Crippen molar-refractivity contribution in [3.8, 4) is 11.6 Å². The van der Waals surface area contributed by atoms with E-state index in [1.807, 2.05) is 6.92 Å². The molecule has 0 aliphatic heterocycles. The van der Waals surface area contributed by atoms with Gasteiger partial charge in [-0.3, -0.25) is 4.68 Å². The van der Waals surface area contributed by atoms with Crippen molar-refractivity contribution in [1.29, 1.82) is 0 Å². The topological polar surface area (TPSA) is 52.0 Å². The van der Waals surface area contributed by atoms with E-state index >= 15 is 0 Å². The molecule has 5 nitrogen and oxygen atoms in total. The number of nitrogens with one attached hydrogen (secondary N) is 1. The Kier molecular flexibility index (Phi) is 3.88. The Labute approximate surface area is 105 Å². The quantitative estimate of drug-likeness (QED) is 0.880. The van der Waals surface area contributed by atoms with E-state index in [0.29, 0.717) is 17.9 Å². The molecule has 0 spiro atoms. The summed E-state index contributed by atoms with van der Waals surface area (Å²) in [4.78, 5) is 3.89. The first-order chi connectivity index (χ1) is 8.70. The number of hydrogen-bond acceptors (Lipinski definition) is 4. The largest absolute Gasteiger partial charge is 0.433 e. The summed E-state index contributed by atoms with van der Waals surface area (Å²) < 4.78 is 21.0. The first-order valence-corrected chi connectivity index (χ1v) is 5.71. The van der Waals surface area contributed by atoms with Crippen LogP contribution in [-0.2, 0) is 13.6 Å². The monoisotopic (exact) mass is 250 g/mol. The fourth-order valence-corrected chi connectivity index (χ4v) is 1.49. The maximum atomic E-state index is 14.0. The standard InChI is InChI=1S/C12H15FN4O/c1-3-14-6-9-4-5-15-12(11(9)13)18-10-7-16-17(2)8-10/h4-5,7-8,14H,3,6H2,1-2H3. The van der Waals surface area contributed by atoms with Gasteiger partial charge in [0, 0.05) is 25.4 Å². The number of pyridine rings is 1. The summed E-state index contributed by atoms with van der Waals surface area (Å²) in [6.07, 6.45) is 4.69. The maximum absolute atomic E-state index is 14.0. The molecule has 2 rings (SSSR count). The molecule has 1 N–H and O–H groups in total. The van der Waals surface area contributed by atoms with Gasteiger partial charge >= 0.3 is 0 Å². The average Bonchev–Trinajstić information content (AvgIpc) is 2.76. The summed E-state index contributed by atoms with van der Waals surface area (Å²) >= 11 is 0. The van der Waals surface area contributed by atoms with E-state index in [1.165, 1.54) is 12.4 Å². The lowest BCUT2D eigenvalue weighted by Gasteiger charge is -2.07. The van der Waals surface area contributed by atoms with Crippen LogP contribution in [0.4, 0.5) is 4.39 Å². The van der Waals surface area contributed by atoms with Crippen LogP contribution in [0.25, 0.3) is 0 Å². The van der Waals surface area contributed by atoms with Gasteiger partial charge in [0.05, 0.1) is 12.4 Å². The van der Waals surface area contributed by atoms with Crippen LogP contribution < -0.4 is 10.1 Å². The molecule has 0 atom stereocenters. The molecular weight excluding hydrogens is 235 g/mol. The third-order valence-corrected chi connectivity index (χ3v) is 2.40. The Morgan fingerprint density at radius 2 is 2.33 bits per heavy atom. The zero-order valence-electron chi connectivity index (χ0n) is 10.4. The van der Waals surface area contributed by atoms with Gasteiger partial charge in [-0.15, -0.1) is 0 Å². The summed E-state index contributed by atoms with van der Waals surface area (Å²) in [7, 11) is 1.76. The van der Waals surface area contributed by atoms with Crippen LogP contribution in [0.5, 0.6) is 11.6 Å². The van der Waals surface area contributed by atoms with Crippen molar-refractivity contribution in [1.82, 2.24) is 20.1 Å². The highest BCUT2D eigenvalue weighted by Gasteiger charge is 2.11. The fourth-order valence-electron chi connectivity index (χ4n) is 1.49. The molecule has 0 aliphatic rings. The van der Waals surface area contributed by atoms with Crippen LogP contribution >= 0.6 is 0 Å². The molecule has 0 fully saturated rings. The van der Waals surface area contributed by atoms with Crippen LogP contribution in [0.1, 0.15) is 12.5 Å². The van der Waals surface area contributed by atoms with Crippen LogP contribution in [0.2, 0.25) is 0 Å². The van der Waals surface area contributed by atoms with E-state index in [2.05, 4.69) is 15.4 Å². The third kappa shape index (κ3) is 2.84. The molecule has 2 heterocycles. The number of ether oxygens (including phenoxy) is 1. The lowest BCUT2D eigenvalue weighted by Crippen LogP contribution is -2.13. The second kappa shape index (κ2) is 5.59. The summed E-state index contributed by atoms with van der Waals surface area (Å²) in [5.41, 5.74) is 0.533. The summed E-state index contributed by atoms with van der Waals surface area (Å²) in [6.45, 7) is 3.20. The van der Waals surface area contributed by atoms with Gasteiger partial charge in [-0.25, -0.2) is 9.37 Å². The zero-order valence-corrected chi connectivity index (χ0v) is 10.4. The molecule has 6 heteroatoms. The smallest absolute Gasteiger partial charge is 0.256 e. The molecule has 96 valence electrons. The molecule has 2 aromatic heterocycles. The van der Waals surface area contributed by atoms with Crippen molar-refractivity contribution in [2.24, 2.45) is 7.05 Å². The van der Waals surface area contributed by atoms with E-state index in [-0.39, 0.29) is 5.88 Å². The van der Waals surface area contributed by atoms with E-state index < -0.39 is 5.82 Å². The van der Waals surface area contributed by atoms with Gasteiger partial charge in [0.25, 0.3) is 5.88 Å². The minimum Gasteiger partial charge on any atom is -0.433 e. The molecule has 0 aliphatic carbocycles. The van der Waals surface area contributed by atoms with Crippen LogP contribution in [0.15, 0.2) is 24.7 Å². The van der Waals surface area contributed by atoms with Crippen molar-refractivity contribution < 1.29 is 9.13 Å². The number of halogens is 1. The lowest BCUT2D eigenvalue weighted by molar-refractivity contribution is 0.417. The van der Waals surface area contributed by atoms with Crippen molar-refractivity contribution in [3.05, 3.63) is 36.0 Å². The minimum absolute atomic E-state index is 0.0293. The predicted molar refractivity (Wildman–Crippen MR) is 64.9 cm³/mol. The summed E-state index contributed by atoms with van der Waals surface area (Å²) in [5.74, 6) is -0.00907. The molecule has 0 saturated carbocycles. The first-order valence-electron chi connectivity index (χ1n) is 5.71. The van der Waals surface area contributed by atoms with E-state index in [4.69, 9.17) is 4.74 Å². The molecule has 0 amide bonds. The van der Waals surface area contributed by atoms with Gasteiger partial charge in [-0.2, -0.15) is 5.10 Å². The van der Waals surface area contributed by atoms with Crippen LogP contribution in [-0.4, -0.2) is 21.3 Å². The SMILES string of the molecule is CCNCc1ccnc(Oc2cnn(C)c2)c1F. The molecular formula is C12H15FN4O. The fraction of sp³-hybridized carbons (Fsp3) is 0.333. The number of hydrogen-bond donors (Lipinski definition) is 1. The lowest BCUT2D eigenvalue weighted by atomic mass is 10.2. The second-order valence-corrected chi connectivity index (χ2v) is 3.82. The molecule has 18 heavy (non-hydrogen) atoms. The predicted octanol–water partition coefficient (Wildman–Crippen LogP) is 1.86.